The Morgan fingerprint density at radius 1 is 1.12 bits per heavy atom. The van der Waals surface area contributed by atoms with E-state index in [1.54, 1.807) is 37.4 Å². The Labute approximate surface area is 188 Å². The molecule has 1 aliphatic rings. The largest absolute Gasteiger partial charge is 0.497 e. The lowest BCUT2D eigenvalue weighted by Gasteiger charge is -2.31. The maximum absolute atomic E-state index is 13.8. The Balaban J connectivity index is 1.44. The third-order valence-corrected chi connectivity index (χ3v) is 7.29. The van der Waals surface area contributed by atoms with Gasteiger partial charge < -0.3 is 14.8 Å². The number of amides is 1. The Kier molecular flexibility index (Phi) is 8.09. The van der Waals surface area contributed by atoms with Crippen LogP contribution in [0.25, 0.3) is 0 Å². The SMILES string of the molecule is COc1ccc(OC[C@@H](C)NC(=O)C2CCN(S(=O)(=O)Cc3ccccc3F)CC2)cc1. The number of hydrogen-bond acceptors (Lipinski definition) is 5. The number of benzene rings is 2. The zero-order valence-corrected chi connectivity index (χ0v) is 19.1. The Bertz CT molecular complexity index is 1010. The van der Waals surface area contributed by atoms with Crippen molar-refractivity contribution in [1.29, 1.82) is 0 Å². The summed E-state index contributed by atoms with van der Waals surface area (Å²) in [7, 11) is -2.05. The summed E-state index contributed by atoms with van der Waals surface area (Å²) >= 11 is 0. The van der Waals surface area contributed by atoms with Crippen LogP contribution in [-0.4, -0.2) is 51.5 Å². The van der Waals surface area contributed by atoms with Crippen molar-refractivity contribution in [2.45, 2.75) is 31.6 Å². The molecule has 0 unspecified atom stereocenters. The van der Waals surface area contributed by atoms with Crippen molar-refractivity contribution in [2.75, 3.05) is 26.8 Å². The molecular weight excluding hydrogens is 435 g/mol. The topological polar surface area (TPSA) is 84.9 Å². The zero-order valence-electron chi connectivity index (χ0n) is 18.3. The number of nitrogens with zero attached hydrogens (tertiary/aromatic N) is 1. The van der Waals surface area contributed by atoms with Crippen molar-refractivity contribution in [3.05, 3.63) is 59.9 Å². The molecule has 0 aliphatic carbocycles. The Morgan fingerprint density at radius 2 is 1.75 bits per heavy atom. The molecule has 1 saturated heterocycles. The highest BCUT2D eigenvalue weighted by Crippen LogP contribution is 2.23. The van der Waals surface area contributed by atoms with Crippen molar-refractivity contribution < 1.29 is 27.1 Å². The number of carbonyl (C=O) groups is 1. The average Bonchev–Trinajstić information content (AvgIpc) is 2.79. The number of rotatable bonds is 9. The fourth-order valence-electron chi connectivity index (χ4n) is 3.59. The van der Waals surface area contributed by atoms with Gasteiger partial charge in [0.2, 0.25) is 15.9 Å². The highest BCUT2D eigenvalue weighted by Gasteiger charge is 2.32. The zero-order chi connectivity index (χ0) is 23.1. The molecule has 7 nitrogen and oxygen atoms in total. The summed E-state index contributed by atoms with van der Waals surface area (Å²) in [5.74, 6) is 0.133. The van der Waals surface area contributed by atoms with Gasteiger partial charge in [-0.2, -0.15) is 0 Å². The molecule has 1 atom stereocenters. The average molecular weight is 465 g/mol. The molecule has 1 fully saturated rings. The van der Waals surface area contributed by atoms with E-state index in [1.165, 1.54) is 22.5 Å². The Morgan fingerprint density at radius 3 is 2.38 bits per heavy atom. The van der Waals surface area contributed by atoms with Crippen molar-refractivity contribution in [2.24, 2.45) is 5.92 Å². The van der Waals surface area contributed by atoms with E-state index in [2.05, 4.69) is 5.32 Å². The molecule has 1 aliphatic heterocycles. The lowest BCUT2D eigenvalue weighted by Crippen LogP contribution is -2.46. The molecule has 2 aromatic rings. The monoisotopic (exact) mass is 464 g/mol. The first kappa shape index (κ1) is 24.0. The van der Waals surface area contributed by atoms with Gasteiger partial charge in [-0.25, -0.2) is 17.1 Å². The predicted octanol–water partition coefficient (Wildman–Crippen LogP) is 2.96. The number of hydrogen-bond donors (Lipinski definition) is 1. The smallest absolute Gasteiger partial charge is 0.223 e. The van der Waals surface area contributed by atoms with Gasteiger partial charge in [-0.05, 0) is 50.1 Å². The summed E-state index contributed by atoms with van der Waals surface area (Å²) in [5.41, 5.74) is 0.151. The van der Waals surface area contributed by atoms with Crippen LogP contribution in [0.2, 0.25) is 0 Å². The van der Waals surface area contributed by atoms with Crippen LogP contribution >= 0.6 is 0 Å². The standard InChI is InChI=1S/C23H29FN2O5S/c1-17(15-31-21-9-7-20(30-2)8-10-21)25-23(27)18-11-13-26(14-12-18)32(28,29)16-19-5-3-4-6-22(19)24/h3-10,17-18H,11-16H2,1-2H3,(H,25,27)/t17-/m1/s1. The molecule has 32 heavy (non-hydrogen) atoms. The number of methoxy groups -OCH3 is 1. The van der Waals surface area contributed by atoms with Gasteiger partial charge in [0, 0.05) is 24.6 Å². The number of carbonyl (C=O) groups excluding carboxylic acids is 1. The summed E-state index contributed by atoms with van der Waals surface area (Å²) in [6.45, 7) is 2.65. The van der Waals surface area contributed by atoms with Gasteiger partial charge >= 0.3 is 0 Å². The second-order valence-electron chi connectivity index (χ2n) is 7.92. The number of sulfonamides is 1. The highest BCUT2D eigenvalue weighted by molar-refractivity contribution is 7.88. The first-order valence-corrected chi connectivity index (χ1v) is 12.2. The molecule has 1 heterocycles. The van der Waals surface area contributed by atoms with Crippen LogP contribution in [0.1, 0.15) is 25.3 Å². The van der Waals surface area contributed by atoms with E-state index in [0.29, 0.717) is 25.2 Å². The number of halogens is 1. The third kappa shape index (κ3) is 6.43. The highest BCUT2D eigenvalue weighted by atomic mass is 32.2. The lowest BCUT2D eigenvalue weighted by atomic mass is 9.97. The number of nitrogens with one attached hydrogen (secondary N) is 1. The molecule has 0 bridgehead atoms. The molecule has 1 amide bonds. The molecule has 174 valence electrons. The van der Waals surface area contributed by atoms with Crippen molar-refractivity contribution in [3.63, 3.8) is 0 Å². The summed E-state index contributed by atoms with van der Waals surface area (Å²) < 4.78 is 51.3. The van der Waals surface area contributed by atoms with Crippen molar-refractivity contribution in [1.82, 2.24) is 9.62 Å². The minimum atomic E-state index is -3.64. The van der Waals surface area contributed by atoms with Crippen molar-refractivity contribution >= 4 is 15.9 Å². The maximum atomic E-state index is 13.8. The molecule has 9 heteroatoms. The molecule has 0 aromatic heterocycles. The van der Waals surface area contributed by atoms with E-state index in [0.717, 1.165) is 5.75 Å². The molecule has 3 rings (SSSR count). The second kappa shape index (κ2) is 10.8. The first-order valence-electron chi connectivity index (χ1n) is 10.6. The lowest BCUT2D eigenvalue weighted by molar-refractivity contribution is -0.126. The summed E-state index contributed by atoms with van der Waals surface area (Å²) in [6, 6.07) is 12.9. The van der Waals surface area contributed by atoms with E-state index < -0.39 is 15.8 Å². The summed E-state index contributed by atoms with van der Waals surface area (Å²) in [6.07, 6.45) is 0.850. The van der Waals surface area contributed by atoms with Crippen molar-refractivity contribution in [3.8, 4) is 11.5 Å². The Hall–Kier alpha value is -2.65. The van der Waals surface area contributed by atoms with Crippen LogP contribution < -0.4 is 14.8 Å². The molecule has 0 saturated carbocycles. The summed E-state index contributed by atoms with van der Waals surface area (Å²) in [4.78, 5) is 12.6. The summed E-state index contributed by atoms with van der Waals surface area (Å²) in [5, 5.41) is 2.94. The second-order valence-corrected chi connectivity index (χ2v) is 9.89. The van der Waals surface area contributed by atoms with Gasteiger partial charge in [0.15, 0.2) is 0 Å². The number of piperidine rings is 1. The van der Waals surface area contributed by atoms with E-state index in [9.17, 15) is 17.6 Å². The predicted molar refractivity (Wildman–Crippen MR) is 119 cm³/mol. The minimum absolute atomic E-state index is 0.109. The maximum Gasteiger partial charge on any atom is 0.223 e. The van der Waals surface area contributed by atoms with Gasteiger partial charge in [0.05, 0.1) is 18.9 Å². The molecule has 1 N–H and O–H groups in total. The third-order valence-electron chi connectivity index (χ3n) is 5.46. The molecule has 0 spiro atoms. The van der Waals surface area contributed by atoms with E-state index in [-0.39, 0.29) is 42.3 Å². The fourth-order valence-corrected chi connectivity index (χ4v) is 5.17. The van der Waals surface area contributed by atoms with Crippen LogP contribution in [0.4, 0.5) is 4.39 Å². The normalized spacial score (nSPS) is 16.3. The van der Waals surface area contributed by atoms with E-state index in [4.69, 9.17) is 9.47 Å². The van der Waals surface area contributed by atoms with Crippen LogP contribution in [0.5, 0.6) is 11.5 Å². The van der Waals surface area contributed by atoms with Gasteiger partial charge in [-0.15, -0.1) is 0 Å². The van der Waals surface area contributed by atoms with Crippen LogP contribution in [-0.2, 0) is 20.6 Å². The van der Waals surface area contributed by atoms with Crippen LogP contribution in [0, 0.1) is 11.7 Å². The van der Waals surface area contributed by atoms with Crippen LogP contribution in [0.15, 0.2) is 48.5 Å². The fraction of sp³-hybridized carbons (Fsp3) is 0.435. The van der Waals surface area contributed by atoms with E-state index in [1.807, 2.05) is 6.92 Å². The van der Waals surface area contributed by atoms with Gasteiger partial charge in [-0.3, -0.25) is 4.79 Å². The number of ether oxygens (including phenoxy) is 2. The molecule has 0 radical (unpaired) electrons. The van der Waals surface area contributed by atoms with E-state index >= 15 is 0 Å². The van der Waals surface area contributed by atoms with Crippen LogP contribution in [0.3, 0.4) is 0 Å². The molecular formula is C23H29FN2O5S. The van der Waals surface area contributed by atoms with Gasteiger partial charge in [0.1, 0.15) is 23.9 Å². The minimum Gasteiger partial charge on any atom is -0.497 e. The van der Waals surface area contributed by atoms with Gasteiger partial charge in [-0.1, -0.05) is 18.2 Å². The molecule has 2 aromatic carbocycles. The quantitative estimate of drug-likeness (QED) is 0.617. The first-order chi connectivity index (χ1) is 15.3. The van der Waals surface area contributed by atoms with Gasteiger partial charge in [0.25, 0.3) is 0 Å².